The molecule has 0 unspecified atom stereocenters. The number of hydrogen-bond acceptors (Lipinski definition) is 2. The minimum atomic E-state index is -0.340. The SMILES string of the molecule is CCN1c2cc(F)c(/C=C(\C#N)c3cccc(Cl)c3)cc2C(C)=CC1(C)C. The van der Waals surface area contributed by atoms with Gasteiger partial charge in [0.2, 0.25) is 0 Å². The van der Waals surface area contributed by atoms with Gasteiger partial charge in [-0.05, 0) is 69.2 Å². The minimum absolute atomic E-state index is 0.172. The van der Waals surface area contributed by atoms with E-state index in [-0.39, 0.29) is 11.4 Å². The summed E-state index contributed by atoms with van der Waals surface area (Å²) < 4.78 is 14.9. The Morgan fingerprint density at radius 3 is 2.67 bits per heavy atom. The average molecular weight is 381 g/mol. The number of hydrogen-bond donors (Lipinski definition) is 0. The normalized spacial score (nSPS) is 15.8. The number of halogens is 2. The molecule has 0 spiro atoms. The second-order valence-corrected chi connectivity index (χ2v) is 7.73. The highest BCUT2D eigenvalue weighted by atomic mass is 35.5. The van der Waals surface area contributed by atoms with Crippen LogP contribution in [0.25, 0.3) is 17.2 Å². The number of anilines is 1. The molecule has 1 heterocycles. The first kappa shape index (κ1) is 19.2. The van der Waals surface area contributed by atoms with Gasteiger partial charge in [0.1, 0.15) is 5.82 Å². The van der Waals surface area contributed by atoms with Gasteiger partial charge in [-0.2, -0.15) is 5.26 Å². The second-order valence-electron chi connectivity index (χ2n) is 7.30. The molecule has 4 heteroatoms. The van der Waals surface area contributed by atoms with Gasteiger partial charge in [-0.1, -0.05) is 29.8 Å². The monoisotopic (exact) mass is 380 g/mol. The van der Waals surface area contributed by atoms with E-state index in [0.29, 0.717) is 21.7 Å². The molecule has 1 aliphatic heterocycles. The molecular weight excluding hydrogens is 359 g/mol. The van der Waals surface area contributed by atoms with Gasteiger partial charge >= 0.3 is 0 Å². The molecule has 0 amide bonds. The summed E-state index contributed by atoms with van der Waals surface area (Å²) in [4.78, 5) is 2.19. The molecule has 27 heavy (non-hydrogen) atoms. The number of nitriles is 1. The van der Waals surface area contributed by atoms with E-state index in [1.54, 1.807) is 36.4 Å². The predicted molar refractivity (Wildman–Crippen MR) is 112 cm³/mol. The van der Waals surface area contributed by atoms with Gasteiger partial charge in [-0.3, -0.25) is 0 Å². The second kappa shape index (κ2) is 7.21. The summed E-state index contributed by atoms with van der Waals surface area (Å²) in [5.74, 6) is -0.340. The van der Waals surface area contributed by atoms with Gasteiger partial charge in [-0.15, -0.1) is 0 Å². The Bertz CT molecular complexity index is 996. The minimum Gasteiger partial charge on any atom is -0.363 e. The van der Waals surface area contributed by atoms with Crippen molar-refractivity contribution in [3.8, 4) is 6.07 Å². The van der Waals surface area contributed by atoms with Crippen LogP contribution in [0.4, 0.5) is 10.1 Å². The van der Waals surface area contributed by atoms with Crippen molar-refractivity contribution in [2.75, 3.05) is 11.4 Å². The highest BCUT2D eigenvalue weighted by Crippen LogP contribution is 2.40. The topological polar surface area (TPSA) is 27.0 Å². The van der Waals surface area contributed by atoms with Crippen LogP contribution >= 0.6 is 11.6 Å². The zero-order chi connectivity index (χ0) is 19.8. The van der Waals surface area contributed by atoms with E-state index >= 15 is 0 Å². The van der Waals surface area contributed by atoms with Gasteiger partial charge in [0.15, 0.2) is 0 Å². The van der Waals surface area contributed by atoms with E-state index in [1.807, 2.05) is 13.0 Å². The third kappa shape index (κ3) is 3.63. The number of nitrogens with zero attached hydrogens (tertiary/aromatic N) is 2. The Morgan fingerprint density at radius 2 is 2.04 bits per heavy atom. The van der Waals surface area contributed by atoms with Crippen LogP contribution in [0.2, 0.25) is 5.02 Å². The van der Waals surface area contributed by atoms with Crippen molar-refractivity contribution in [3.05, 3.63) is 70.0 Å². The van der Waals surface area contributed by atoms with E-state index in [9.17, 15) is 9.65 Å². The van der Waals surface area contributed by atoms with Crippen LogP contribution in [0.3, 0.4) is 0 Å². The lowest BCUT2D eigenvalue weighted by Crippen LogP contribution is -2.45. The fraction of sp³-hybridized carbons (Fsp3) is 0.261. The third-order valence-corrected chi connectivity index (χ3v) is 5.20. The summed E-state index contributed by atoms with van der Waals surface area (Å²) in [5.41, 5.74) is 4.26. The van der Waals surface area contributed by atoms with Gasteiger partial charge in [0.05, 0.1) is 17.2 Å². The molecule has 0 N–H and O–H groups in total. The first-order valence-corrected chi connectivity index (χ1v) is 9.33. The summed E-state index contributed by atoms with van der Waals surface area (Å²) in [6.45, 7) is 9.15. The first-order valence-electron chi connectivity index (χ1n) is 8.95. The molecule has 138 valence electrons. The summed E-state index contributed by atoms with van der Waals surface area (Å²) >= 11 is 6.03. The quantitative estimate of drug-likeness (QED) is 0.445. The summed E-state index contributed by atoms with van der Waals surface area (Å²) in [6, 6.07) is 12.6. The van der Waals surface area contributed by atoms with Gasteiger partial charge in [0, 0.05) is 28.4 Å². The van der Waals surface area contributed by atoms with Crippen molar-refractivity contribution in [1.29, 1.82) is 5.26 Å². The molecule has 2 aromatic rings. The number of allylic oxidation sites excluding steroid dienone is 2. The van der Waals surface area contributed by atoms with Crippen LogP contribution in [0, 0.1) is 17.1 Å². The Balaban J connectivity index is 2.14. The third-order valence-electron chi connectivity index (χ3n) is 4.97. The summed E-state index contributed by atoms with van der Waals surface area (Å²) in [6.07, 6.45) is 3.79. The number of likely N-dealkylation sites (N-methyl/N-ethyl adjacent to an activating group) is 1. The number of fused-ring (bicyclic) bond motifs is 1. The fourth-order valence-electron chi connectivity index (χ4n) is 3.79. The Labute approximate surface area is 165 Å². The van der Waals surface area contributed by atoms with Gasteiger partial charge in [0.25, 0.3) is 0 Å². The van der Waals surface area contributed by atoms with E-state index in [0.717, 1.165) is 23.4 Å². The standard InChI is InChI=1S/C23H22ClFN2/c1-5-27-22-12-21(25)17(11-20(22)15(2)13-23(27,3)4)9-18(14-26)16-7-6-8-19(24)10-16/h6-13H,5H2,1-4H3/b18-9+. The average Bonchev–Trinajstić information content (AvgIpc) is 2.60. The molecule has 0 bridgehead atoms. The molecule has 3 rings (SSSR count). The lowest BCUT2D eigenvalue weighted by atomic mass is 9.87. The molecule has 0 saturated heterocycles. The molecular formula is C23H22ClFN2. The Kier molecular flexibility index (Phi) is 5.13. The van der Waals surface area contributed by atoms with Crippen LogP contribution in [0.5, 0.6) is 0 Å². The first-order chi connectivity index (χ1) is 12.8. The zero-order valence-electron chi connectivity index (χ0n) is 16.0. The Hall–Kier alpha value is -2.57. The van der Waals surface area contributed by atoms with Crippen molar-refractivity contribution in [2.24, 2.45) is 0 Å². The number of benzene rings is 2. The predicted octanol–water partition coefficient (Wildman–Crippen LogP) is 6.57. The molecule has 1 aliphatic rings. The fourth-order valence-corrected chi connectivity index (χ4v) is 3.99. The van der Waals surface area contributed by atoms with Crippen molar-refractivity contribution >= 4 is 34.5 Å². The zero-order valence-corrected chi connectivity index (χ0v) is 16.7. The van der Waals surface area contributed by atoms with Crippen molar-refractivity contribution in [3.63, 3.8) is 0 Å². The van der Waals surface area contributed by atoms with Crippen LogP contribution in [-0.4, -0.2) is 12.1 Å². The molecule has 0 fully saturated rings. The van der Waals surface area contributed by atoms with E-state index < -0.39 is 0 Å². The highest BCUT2D eigenvalue weighted by molar-refractivity contribution is 6.30. The van der Waals surface area contributed by atoms with Crippen LogP contribution < -0.4 is 4.90 Å². The summed E-state index contributed by atoms with van der Waals surface area (Å²) in [5, 5.41) is 10.1. The largest absolute Gasteiger partial charge is 0.363 e. The van der Waals surface area contributed by atoms with Crippen LogP contribution in [0.1, 0.15) is 44.4 Å². The van der Waals surface area contributed by atoms with Crippen LogP contribution in [0.15, 0.2) is 42.5 Å². The molecule has 2 nitrogen and oxygen atoms in total. The molecule has 2 aromatic carbocycles. The van der Waals surface area contributed by atoms with Crippen molar-refractivity contribution < 1.29 is 4.39 Å². The number of rotatable bonds is 3. The van der Waals surface area contributed by atoms with Gasteiger partial charge in [-0.25, -0.2) is 4.39 Å². The maximum Gasteiger partial charge on any atom is 0.132 e. The van der Waals surface area contributed by atoms with Crippen molar-refractivity contribution in [1.82, 2.24) is 0 Å². The highest BCUT2D eigenvalue weighted by Gasteiger charge is 2.31. The molecule has 0 aromatic heterocycles. The van der Waals surface area contributed by atoms with Crippen molar-refractivity contribution in [2.45, 2.75) is 33.2 Å². The van der Waals surface area contributed by atoms with Gasteiger partial charge < -0.3 is 4.90 Å². The van der Waals surface area contributed by atoms with E-state index in [1.165, 1.54) is 0 Å². The maximum absolute atomic E-state index is 14.9. The molecule has 0 aliphatic carbocycles. The van der Waals surface area contributed by atoms with E-state index in [2.05, 4.69) is 37.8 Å². The molecule has 0 atom stereocenters. The Morgan fingerprint density at radius 1 is 1.30 bits per heavy atom. The lowest BCUT2D eigenvalue weighted by Gasteiger charge is -2.42. The lowest BCUT2D eigenvalue weighted by molar-refractivity contribution is 0.561. The van der Waals surface area contributed by atoms with E-state index in [4.69, 9.17) is 11.6 Å². The smallest absolute Gasteiger partial charge is 0.132 e. The van der Waals surface area contributed by atoms with Crippen LogP contribution in [-0.2, 0) is 0 Å². The molecule has 0 radical (unpaired) electrons. The maximum atomic E-state index is 14.9. The molecule has 0 saturated carbocycles. The summed E-state index contributed by atoms with van der Waals surface area (Å²) in [7, 11) is 0.